The summed E-state index contributed by atoms with van der Waals surface area (Å²) in [5.41, 5.74) is 0. The van der Waals surface area contributed by atoms with Gasteiger partial charge in [-0.25, -0.2) is 0 Å². The van der Waals surface area contributed by atoms with E-state index in [1.165, 1.54) is 11.0 Å². The van der Waals surface area contributed by atoms with E-state index in [2.05, 4.69) is 26.1 Å². The van der Waals surface area contributed by atoms with Gasteiger partial charge < -0.3 is 5.32 Å². The van der Waals surface area contributed by atoms with Gasteiger partial charge in [-0.3, -0.25) is 0 Å². The van der Waals surface area contributed by atoms with Gasteiger partial charge in [0, 0.05) is 6.42 Å². The lowest BCUT2D eigenvalue weighted by Crippen LogP contribution is -2.09. The molecule has 0 unspecified atom stereocenters. The van der Waals surface area contributed by atoms with Crippen molar-refractivity contribution in [3.8, 4) is 0 Å². The quantitative estimate of drug-likeness (QED) is 0.650. The molecule has 0 aromatic carbocycles. The molecule has 3 heteroatoms. The van der Waals surface area contributed by atoms with Gasteiger partial charge in [0.2, 0.25) is 0 Å². The molecule has 0 aromatic heterocycles. The SMILES string of the molecule is CCNCC.CC[CH2][Mg+2].Cl. The molecule has 0 bridgehead atoms. The Bertz CT molecular complexity index is 32.8. The maximum atomic E-state index is 3.11. The molecular weight excluding hydrogens is 158 g/mol. The third-order valence-electron chi connectivity index (χ3n) is 0.854. The highest BCUT2D eigenvalue weighted by Crippen LogP contribution is 1.73. The molecule has 0 rings (SSSR count). The topological polar surface area (TPSA) is 12.0 Å². The number of hydrogen-bond donors (Lipinski definition) is 1. The van der Waals surface area contributed by atoms with E-state index in [-0.39, 0.29) is 12.4 Å². The molecule has 0 amide bonds. The number of nitrogens with one attached hydrogen (secondary N) is 1. The van der Waals surface area contributed by atoms with Gasteiger partial charge in [-0.15, -0.1) is 12.4 Å². The van der Waals surface area contributed by atoms with Crippen molar-refractivity contribution in [2.24, 2.45) is 0 Å². The highest BCUT2D eigenvalue weighted by molar-refractivity contribution is 6.08. The van der Waals surface area contributed by atoms with Gasteiger partial charge in [-0.2, -0.15) is 0 Å². The first-order valence-electron chi connectivity index (χ1n) is 3.83. The van der Waals surface area contributed by atoms with Gasteiger partial charge in [0.25, 0.3) is 4.55 Å². The first kappa shape index (κ1) is 17.2. The van der Waals surface area contributed by atoms with Crippen LogP contribution in [0.25, 0.3) is 0 Å². The van der Waals surface area contributed by atoms with Crippen LogP contribution >= 0.6 is 12.4 Å². The highest BCUT2D eigenvalue weighted by atomic mass is 35.5. The molecule has 59 valence electrons. The van der Waals surface area contributed by atoms with E-state index in [1.807, 2.05) is 21.7 Å². The summed E-state index contributed by atoms with van der Waals surface area (Å²) >= 11 is 2.02. The first-order chi connectivity index (χ1) is 4.33. The summed E-state index contributed by atoms with van der Waals surface area (Å²) in [4.78, 5) is 0. The predicted molar refractivity (Wildman–Crippen MR) is 52.3 cm³/mol. The van der Waals surface area contributed by atoms with Crippen molar-refractivity contribution >= 4 is 34.1 Å². The van der Waals surface area contributed by atoms with Crippen LogP contribution in [0.3, 0.4) is 0 Å². The van der Waals surface area contributed by atoms with Crippen LogP contribution < -0.4 is 5.32 Å². The molecule has 0 heterocycles. The largest absolute Gasteiger partial charge is 1.41 e. The van der Waals surface area contributed by atoms with Crippen molar-refractivity contribution in [2.45, 2.75) is 31.7 Å². The summed E-state index contributed by atoms with van der Waals surface area (Å²) in [6.45, 7) is 8.58. The molecule has 1 nitrogen and oxygen atoms in total. The van der Waals surface area contributed by atoms with Gasteiger partial charge >= 0.3 is 21.7 Å². The van der Waals surface area contributed by atoms with Crippen LogP contribution in [-0.2, 0) is 0 Å². The fourth-order valence-corrected chi connectivity index (χ4v) is 0.250. The number of hydrogen-bond acceptors (Lipinski definition) is 1. The summed E-state index contributed by atoms with van der Waals surface area (Å²) in [7, 11) is 0. The number of rotatable bonds is 3. The fraction of sp³-hybridized carbons (Fsp3) is 1.00. The van der Waals surface area contributed by atoms with E-state index in [4.69, 9.17) is 0 Å². The van der Waals surface area contributed by atoms with Crippen LogP contribution in [0, 0.1) is 0 Å². The molecule has 10 heavy (non-hydrogen) atoms. The summed E-state index contributed by atoms with van der Waals surface area (Å²) in [6, 6.07) is 0. The molecule has 0 fully saturated rings. The van der Waals surface area contributed by atoms with Gasteiger partial charge in [0.05, 0.1) is 0 Å². The van der Waals surface area contributed by atoms with Crippen molar-refractivity contribution in [3.63, 3.8) is 0 Å². The minimum absolute atomic E-state index is 0. The average molecular weight is 177 g/mol. The van der Waals surface area contributed by atoms with E-state index in [1.54, 1.807) is 0 Å². The molecule has 0 saturated heterocycles. The zero-order valence-corrected chi connectivity index (χ0v) is 9.67. The second-order valence-corrected chi connectivity index (χ2v) is 2.52. The van der Waals surface area contributed by atoms with Gasteiger partial charge in [-0.1, -0.05) is 20.8 Å². The lowest BCUT2D eigenvalue weighted by atomic mass is 10.6. The summed E-state index contributed by atoms with van der Waals surface area (Å²) < 4.78 is 1.35. The van der Waals surface area contributed by atoms with Gasteiger partial charge in [0.1, 0.15) is 0 Å². The summed E-state index contributed by atoms with van der Waals surface area (Å²) in [6.07, 6.45) is 1.33. The van der Waals surface area contributed by atoms with Crippen LogP contribution in [0.5, 0.6) is 0 Å². The maximum Gasteiger partial charge on any atom is 1.41 e. The second kappa shape index (κ2) is 22.5. The zero-order valence-electron chi connectivity index (χ0n) is 7.44. The van der Waals surface area contributed by atoms with Crippen LogP contribution in [0.15, 0.2) is 0 Å². The van der Waals surface area contributed by atoms with Gasteiger partial charge in [-0.05, 0) is 13.1 Å². The lowest BCUT2D eigenvalue weighted by Gasteiger charge is -1.86. The Morgan fingerprint density at radius 3 is 1.40 bits per heavy atom. The lowest BCUT2D eigenvalue weighted by molar-refractivity contribution is 0.762. The van der Waals surface area contributed by atoms with Crippen molar-refractivity contribution in [2.75, 3.05) is 13.1 Å². The Morgan fingerprint density at radius 1 is 1.10 bits per heavy atom. The van der Waals surface area contributed by atoms with Crippen LogP contribution in [0.2, 0.25) is 4.55 Å². The van der Waals surface area contributed by atoms with Crippen molar-refractivity contribution in [3.05, 3.63) is 0 Å². The summed E-state index contributed by atoms with van der Waals surface area (Å²) in [5.74, 6) is 0. The Labute approximate surface area is 84.2 Å². The maximum absolute atomic E-state index is 3.11. The minimum atomic E-state index is 0. The van der Waals surface area contributed by atoms with E-state index in [0.717, 1.165) is 13.1 Å². The normalized spacial score (nSPS) is 7.20. The third-order valence-corrected chi connectivity index (χ3v) is 1.56. The summed E-state index contributed by atoms with van der Waals surface area (Å²) in [5, 5.41) is 3.11. The molecule has 7 radical (unpaired) electrons. The Hall–Kier alpha value is 1.02. The molecular formula is C7H19ClMgN+2. The highest BCUT2D eigenvalue weighted by Gasteiger charge is 2.17. The van der Waals surface area contributed by atoms with Crippen molar-refractivity contribution < 1.29 is 0 Å². The average Bonchev–Trinajstić information content (AvgIpc) is 1.91. The standard InChI is InChI=1S/C4H11N.C3H7.ClH.Mg/c1-3-5-4-2;1-3-2;;/h5H,3-4H2,1-2H3;1,3H2,2H3;1H;/q;;;+2. The molecule has 0 aliphatic carbocycles. The monoisotopic (exact) mass is 176 g/mol. The molecule has 0 aromatic rings. The minimum Gasteiger partial charge on any atom is -0.317 e. The Balaban J connectivity index is -0.0000000910. The van der Waals surface area contributed by atoms with E-state index < -0.39 is 0 Å². The zero-order chi connectivity index (χ0) is 7.54. The van der Waals surface area contributed by atoms with Crippen molar-refractivity contribution in [1.82, 2.24) is 5.32 Å². The predicted octanol–water partition coefficient (Wildman–Crippen LogP) is 2.02. The molecule has 0 saturated carbocycles. The second-order valence-electron chi connectivity index (χ2n) is 1.81. The first-order valence-corrected chi connectivity index (χ1v) is 4.83. The molecule has 0 aliphatic rings. The van der Waals surface area contributed by atoms with Crippen molar-refractivity contribution in [1.29, 1.82) is 0 Å². The molecule has 0 atom stereocenters. The van der Waals surface area contributed by atoms with E-state index >= 15 is 0 Å². The third kappa shape index (κ3) is 35.9. The Kier molecular flexibility index (Phi) is 38.7. The van der Waals surface area contributed by atoms with E-state index in [9.17, 15) is 0 Å². The number of halogens is 1. The van der Waals surface area contributed by atoms with Crippen LogP contribution in [-0.4, -0.2) is 34.8 Å². The molecule has 0 aliphatic heterocycles. The van der Waals surface area contributed by atoms with Gasteiger partial charge in [0.15, 0.2) is 0 Å². The smallest absolute Gasteiger partial charge is 0.317 e. The molecule has 0 spiro atoms. The fourth-order valence-electron chi connectivity index (χ4n) is 0.250. The van der Waals surface area contributed by atoms with Crippen LogP contribution in [0.1, 0.15) is 27.2 Å². The van der Waals surface area contributed by atoms with E-state index in [0.29, 0.717) is 0 Å². The Morgan fingerprint density at radius 2 is 1.40 bits per heavy atom. The molecule has 1 N–H and O–H groups in total. The van der Waals surface area contributed by atoms with Crippen LogP contribution in [0.4, 0.5) is 0 Å².